The van der Waals surface area contributed by atoms with Crippen molar-refractivity contribution >= 4 is 51.6 Å². The number of para-hydroxylation sites is 2. The van der Waals surface area contributed by atoms with E-state index < -0.39 is 12.3 Å². The summed E-state index contributed by atoms with van der Waals surface area (Å²) in [6.07, 6.45) is 14.2. The molecule has 54 heavy (non-hydrogen) atoms. The second kappa shape index (κ2) is 23.3. The Labute approximate surface area is 327 Å². The summed E-state index contributed by atoms with van der Waals surface area (Å²) in [5.41, 5.74) is 3.00. The van der Waals surface area contributed by atoms with Gasteiger partial charge in [0.2, 0.25) is 6.73 Å². The fourth-order valence-corrected chi connectivity index (χ4v) is 7.66. The van der Waals surface area contributed by atoms with E-state index in [0.717, 1.165) is 92.5 Å². The number of ether oxygens (including phenoxy) is 4. The highest BCUT2D eigenvalue weighted by Gasteiger charge is 2.34. The van der Waals surface area contributed by atoms with Crippen molar-refractivity contribution in [3.8, 4) is 0 Å². The number of anilines is 2. The van der Waals surface area contributed by atoms with E-state index in [1.165, 1.54) is 56.2 Å². The lowest BCUT2D eigenvalue weighted by atomic mass is 10.1. The van der Waals surface area contributed by atoms with Crippen molar-refractivity contribution in [1.82, 2.24) is 4.90 Å². The number of rotatable bonds is 23. The van der Waals surface area contributed by atoms with Crippen LogP contribution in [-0.4, -0.2) is 92.6 Å². The van der Waals surface area contributed by atoms with E-state index in [-0.39, 0.29) is 31.9 Å². The maximum absolute atomic E-state index is 13.0. The fourth-order valence-electron chi connectivity index (χ4n) is 6.74. The Morgan fingerprint density at radius 3 is 1.96 bits per heavy atom. The monoisotopic (exact) mass is 769 g/mol. The molecule has 11 nitrogen and oxygen atoms in total. The Bertz CT molecular complexity index is 1450. The van der Waals surface area contributed by atoms with Crippen LogP contribution < -0.4 is 5.32 Å². The molecule has 0 atom stereocenters. The number of piperazine rings is 1. The predicted octanol–water partition coefficient (Wildman–Crippen LogP) is 9.80. The van der Waals surface area contributed by atoms with Gasteiger partial charge < -0.3 is 29.2 Å². The lowest BCUT2D eigenvalue weighted by Crippen LogP contribution is -2.59. The highest BCUT2D eigenvalue weighted by Crippen LogP contribution is 2.39. The molecule has 0 spiro atoms. The third-order valence-corrected chi connectivity index (χ3v) is 11.1. The number of aliphatic imine (C=N–C) groups is 1. The Kier molecular flexibility index (Phi) is 18.6. The number of quaternary nitrogens is 1. The topological polar surface area (TPSA) is 116 Å². The Hall–Kier alpha value is -3.64. The van der Waals surface area contributed by atoms with Crippen LogP contribution in [0.15, 0.2) is 35.3 Å². The second-order valence-corrected chi connectivity index (χ2v) is 16.4. The number of hydrogen-bond acceptors (Lipinski definition) is 11. The van der Waals surface area contributed by atoms with Gasteiger partial charge in [-0.15, -0.1) is 11.3 Å². The molecule has 0 saturated carbocycles. The number of carbonyl (C=O) groups excluding carboxylic acids is 3. The molecule has 0 aliphatic carbocycles. The van der Waals surface area contributed by atoms with Gasteiger partial charge in [-0.2, -0.15) is 0 Å². The van der Waals surface area contributed by atoms with Crippen molar-refractivity contribution in [3.05, 3.63) is 40.8 Å². The van der Waals surface area contributed by atoms with E-state index in [2.05, 4.69) is 44.1 Å². The summed E-state index contributed by atoms with van der Waals surface area (Å²) in [7, 11) is 2.06. The van der Waals surface area contributed by atoms with Gasteiger partial charge in [0.25, 0.3) is 0 Å². The van der Waals surface area contributed by atoms with Gasteiger partial charge in [-0.25, -0.2) is 9.79 Å². The molecule has 4 rings (SSSR count). The quantitative estimate of drug-likeness (QED) is 0.0511. The molecule has 1 N–H and O–H groups in total. The second-order valence-electron chi connectivity index (χ2n) is 15.1. The zero-order chi connectivity index (χ0) is 38.6. The van der Waals surface area contributed by atoms with Gasteiger partial charge in [-0.05, 0) is 38.0 Å². The van der Waals surface area contributed by atoms with Crippen molar-refractivity contribution in [2.75, 3.05) is 58.5 Å². The normalized spacial score (nSPS) is 14.7. The first-order valence-corrected chi connectivity index (χ1v) is 21.3. The first-order valence-electron chi connectivity index (χ1n) is 20.5. The molecule has 12 heteroatoms. The van der Waals surface area contributed by atoms with Crippen LogP contribution in [0.1, 0.15) is 127 Å². The number of carbonyl (C=O) groups is 3. The number of likely N-dealkylation sites (N-methyl/N-ethyl adjacent to an activating group) is 1. The zero-order valence-corrected chi connectivity index (χ0v) is 34.2. The van der Waals surface area contributed by atoms with Crippen LogP contribution in [0, 0.1) is 6.92 Å². The van der Waals surface area contributed by atoms with Crippen LogP contribution in [0.5, 0.6) is 0 Å². The molecule has 0 radical (unpaired) electrons. The molecule has 0 amide bonds. The average molecular weight is 770 g/mol. The van der Waals surface area contributed by atoms with Crippen LogP contribution in [0.2, 0.25) is 0 Å². The van der Waals surface area contributed by atoms with Crippen molar-refractivity contribution in [3.63, 3.8) is 0 Å². The van der Waals surface area contributed by atoms with Gasteiger partial charge in [0, 0.05) is 17.7 Å². The number of benzene rings is 1. The molecule has 2 aromatic rings. The van der Waals surface area contributed by atoms with E-state index in [9.17, 15) is 14.4 Å². The van der Waals surface area contributed by atoms with Crippen LogP contribution in [0.25, 0.3) is 0 Å². The number of nitrogens with zero attached hydrogens (tertiary/aromatic N) is 3. The molecule has 1 saturated heterocycles. The lowest BCUT2D eigenvalue weighted by Gasteiger charge is -2.41. The molecule has 1 aromatic heterocycles. The highest BCUT2D eigenvalue weighted by atomic mass is 32.1. The summed E-state index contributed by atoms with van der Waals surface area (Å²) in [5.74, 6) is 0.250. The standard InChI is InChI=1S/C42H65N4O7S/c1-5-7-9-11-13-15-17-23-38(47)50-30-34(31-51-39(48)24-18-16-14-12-10-8-6-2)53-42(49)52-32-46(4)27-25-45(26-28-46)40-35-29-33(3)54-41(35)44-37-22-20-19-21-36(37)43-40/h19-22,29,34,44H,5-18,23-28,30-32H2,1-4H3/q+1. The van der Waals surface area contributed by atoms with Gasteiger partial charge in [0.1, 0.15) is 24.1 Å². The minimum absolute atomic E-state index is 0.120. The third kappa shape index (κ3) is 14.9. The van der Waals surface area contributed by atoms with Gasteiger partial charge in [0.15, 0.2) is 6.10 Å². The molecule has 2 aliphatic rings. The van der Waals surface area contributed by atoms with Crippen molar-refractivity contribution in [2.24, 2.45) is 4.99 Å². The number of fused-ring (bicyclic) bond motifs is 2. The van der Waals surface area contributed by atoms with E-state index in [1.807, 2.05) is 24.3 Å². The molecule has 0 bridgehead atoms. The highest BCUT2D eigenvalue weighted by molar-refractivity contribution is 7.16. The van der Waals surface area contributed by atoms with Gasteiger partial charge in [0.05, 0.1) is 50.2 Å². The maximum atomic E-state index is 13.0. The largest absolute Gasteiger partial charge is 0.513 e. The minimum atomic E-state index is -0.955. The molecule has 300 valence electrons. The van der Waals surface area contributed by atoms with Crippen LogP contribution in [-0.2, 0) is 28.5 Å². The van der Waals surface area contributed by atoms with Crippen molar-refractivity contribution in [2.45, 2.75) is 130 Å². The number of hydrogen-bond donors (Lipinski definition) is 1. The molecule has 2 aliphatic heterocycles. The van der Waals surface area contributed by atoms with Crippen molar-refractivity contribution in [1.29, 1.82) is 0 Å². The Morgan fingerprint density at radius 2 is 1.37 bits per heavy atom. The zero-order valence-electron chi connectivity index (χ0n) is 33.3. The molecule has 3 heterocycles. The van der Waals surface area contributed by atoms with Crippen LogP contribution >= 0.6 is 11.3 Å². The van der Waals surface area contributed by atoms with Crippen LogP contribution in [0.4, 0.5) is 21.2 Å². The summed E-state index contributed by atoms with van der Waals surface area (Å²) >= 11 is 1.73. The third-order valence-electron chi connectivity index (χ3n) is 10.2. The number of thiophene rings is 1. The Balaban J connectivity index is 1.25. The lowest BCUT2D eigenvalue weighted by molar-refractivity contribution is -0.929. The molecule has 0 unspecified atom stereocenters. The number of unbranched alkanes of at least 4 members (excludes halogenated alkanes) is 12. The maximum Gasteiger partial charge on any atom is 0.513 e. The summed E-state index contributed by atoms with van der Waals surface area (Å²) in [4.78, 5) is 46.7. The van der Waals surface area contributed by atoms with E-state index in [4.69, 9.17) is 23.9 Å². The van der Waals surface area contributed by atoms with Gasteiger partial charge in [-0.1, -0.05) is 103 Å². The summed E-state index contributed by atoms with van der Waals surface area (Å²) in [6.45, 7) is 9.16. The molecule has 1 aromatic carbocycles. The smallest absolute Gasteiger partial charge is 0.462 e. The molecule has 1 fully saturated rings. The van der Waals surface area contributed by atoms with Crippen molar-refractivity contribution < 1.29 is 37.8 Å². The average Bonchev–Trinajstić information content (AvgIpc) is 3.45. The number of aryl methyl sites for hydroxylation is 1. The van der Waals surface area contributed by atoms with Gasteiger partial charge in [-0.3, -0.25) is 14.1 Å². The predicted molar refractivity (Wildman–Crippen MR) is 216 cm³/mol. The Morgan fingerprint density at radius 1 is 0.815 bits per heavy atom. The number of nitrogens with one attached hydrogen (secondary N) is 1. The van der Waals surface area contributed by atoms with Crippen LogP contribution in [0.3, 0.4) is 0 Å². The number of amidine groups is 1. The first-order chi connectivity index (χ1) is 26.2. The molecular weight excluding hydrogens is 705 g/mol. The summed E-state index contributed by atoms with van der Waals surface area (Å²) < 4.78 is 22.7. The number of esters is 2. The minimum Gasteiger partial charge on any atom is -0.462 e. The molecular formula is C42H65N4O7S+. The van der Waals surface area contributed by atoms with E-state index in [0.29, 0.717) is 17.3 Å². The fraction of sp³-hybridized carbons (Fsp3) is 0.667. The summed E-state index contributed by atoms with van der Waals surface area (Å²) in [5, 5.41) is 4.66. The summed E-state index contributed by atoms with van der Waals surface area (Å²) in [6, 6.07) is 10.3. The first kappa shape index (κ1) is 43.1. The van der Waals surface area contributed by atoms with E-state index >= 15 is 0 Å². The SMILES string of the molecule is CCCCCCCCCC(=O)OCC(COC(=O)CCCCCCCCC)OC(=O)OC[N+]1(C)CCN(C2=Nc3ccccc3Nc3sc(C)cc32)CC1. The van der Waals surface area contributed by atoms with Gasteiger partial charge >= 0.3 is 18.1 Å². The van der Waals surface area contributed by atoms with E-state index in [1.54, 1.807) is 11.3 Å².